The third-order valence-corrected chi connectivity index (χ3v) is 4.24. The van der Waals surface area contributed by atoms with E-state index in [1.54, 1.807) is 0 Å². The van der Waals surface area contributed by atoms with Crippen molar-refractivity contribution in [2.75, 3.05) is 6.54 Å². The Morgan fingerprint density at radius 3 is 2.55 bits per heavy atom. The van der Waals surface area contributed by atoms with Crippen LogP contribution in [0.25, 0.3) is 0 Å². The van der Waals surface area contributed by atoms with Gasteiger partial charge in [0.15, 0.2) is 0 Å². The third-order valence-electron chi connectivity index (χ3n) is 4.24. The van der Waals surface area contributed by atoms with Crippen LogP contribution in [-0.2, 0) is 20.0 Å². The van der Waals surface area contributed by atoms with Crippen molar-refractivity contribution >= 4 is 0 Å². The first kappa shape index (κ1) is 14.8. The SMILES string of the molecule is Cc1cccc(CNCCc2c(C)nn(C)c2C)c1C. The zero-order valence-electron chi connectivity index (χ0n) is 13.2. The molecule has 1 N–H and O–H groups in total. The molecule has 0 aliphatic heterocycles. The van der Waals surface area contributed by atoms with Gasteiger partial charge in [-0.15, -0.1) is 0 Å². The van der Waals surface area contributed by atoms with Gasteiger partial charge in [0, 0.05) is 19.3 Å². The number of benzene rings is 1. The van der Waals surface area contributed by atoms with Gasteiger partial charge in [-0.1, -0.05) is 18.2 Å². The second-order valence-electron chi connectivity index (χ2n) is 5.56. The predicted octanol–water partition coefficient (Wildman–Crippen LogP) is 2.99. The number of hydrogen-bond donors (Lipinski definition) is 1. The van der Waals surface area contributed by atoms with Crippen LogP contribution in [0.4, 0.5) is 0 Å². The summed E-state index contributed by atoms with van der Waals surface area (Å²) < 4.78 is 1.97. The summed E-state index contributed by atoms with van der Waals surface area (Å²) in [4.78, 5) is 0. The van der Waals surface area contributed by atoms with Crippen LogP contribution in [-0.4, -0.2) is 16.3 Å². The first-order valence-corrected chi connectivity index (χ1v) is 7.25. The molecule has 1 aromatic carbocycles. The summed E-state index contributed by atoms with van der Waals surface area (Å²) in [5, 5.41) is 8.01. The van der Waals surface area contributed by atoms with Gasteiger partial charge in [-0.3, -0.25) is 4.68 Å². The molecular weight excluding hydrogens is 246 g/mol. The lowest BCUT2D eigenvalue weighted by Crippen LogP contribution is -2.18. The van der Waals surface area contributed by atoms with Gasteiger partial charge in [-0.25, -0.2) is 0 Å². The Morgan fingerprint density at radius 2 is 1.90 bits per heavy atom. The van der Waals surface area contributed by atoms with Gasteiger partial charge in [-0.05, 0) is 62.9 Å². The topological polar surface area (TPSA) is 29.9 Å². The van der Waals surface area contributed by atoms with Crippen molar-refractivity contribution in [3.05, 3.63) is 51.8 Å². The summed E-state index contributed by atoms with van der Waals surface area (Å²) in [5.74, 6) is 0. The monoisotopic (exact) mass is 271 g/mol. The summed E-state index contributed by atoms with van der Waals surface area (Å²) in [5.41, 5.74) is 7.96. The number of aryl methyl sites for hydroxylation is 3. The van der Waals surface area contributed by atoms with E-state index in [4.69, 9.17) is 0 Å². The van der Waals surface area contributed by atoms with Crippen LogP contribution in [0, 0.1) is 27.7 Å². The number of rotatable bonds is 5. The molecule has 0 amide bonds. The van der Waals surface area contributed by atoms with Crippen LogP contribution in [0.5, 0.6) is 0 Å². The summed E-state index contributed by atoms with van der Waals surface area (Å²) in [6.07, 6.45) is 1.04. The van der Waals surface area contributed by atoms with E-state index in [2.05, 4.69) is 56.3 Å². The zero-order chi connectivity index (χ0) is 14.7. The third kappa shape index (κ3) is 3.10. The van der Waals surface area contributed by atoms with Gasteiger partial charge in [0.25, 0.3) is 0 Å². The highest BCUT2D eigenvalue weighted by atomic mass is 15.3. The van der Waals surface area contributed by atoms with Crippen molar-refractivity contribution < 1.29 is 0 Å². The van der Waals surface area contributed by atoms with Crippen LogP contribution >= 0.6 is 0 Å². The summed E-state index contributed by atoms with van der Waals surface area (Å²) in [6.45, 7) is 10.5. The molecular formula is C17H25N3. The van der Waals surface area contributed by atoms with E-state index in [9.17, 15) is 0 Å². The van der Waals surface area contributed by atoms with Gasteiger partial charge < -0.3 is 5.32 Å². The molecule has 1 heterocycles. The van der Waals surface area contributed by atoms with Gasteiger partial charge in [0.1, 0.15) is 0 Å². The van der Waals surface area contributed by atoms with Crippen molar-refractivity contribution in [3.63, 3.8) is 0 Å². The van der Waals surface area contributed by atoms with Gasteiger partial charge >= 0.3 is 0 Å². The molecule has 0 aliphatic carbocycles. The molecule has 0 atom stereocenters. The van der Waals surface area contributed by atoms with Crippen LogP contribution in [0.3, 0.4) is 0 Å². The van der Waals surface area contributed by atoms with Crippen LogP contribution in [0.15, 0.2) is 18.2 Å². The van der Waals surface area contributed by atoms with Crippen LogP contribution < -0.4 is 5.32 Å². The van der Waals surface area contributed by atoms with Crippen molar-refractivity contribution in [1.29, 1.82) is 0 Å². The summed E-state index contributed by atoms with van der Waals surface area (Å²) in [6, 6.07) is 6.51. The standard InChI is InChI=1S/C17H25N3/c1-12-7-6-8-16(13(12)2)11-18-10-9-17-14(3)19-20(5)15(17)4/h6-8,18H,9-11H2,1-5H3. The van der Waals surface area contributed by atoms with Gasteiger partial charge in [0.05, 0.1) is 5.69 Å². The van der Waals surface area contributed by atoms with Gasteiger partial charge in [-0.2, -0.15) is 5.10 Å². The maximum atomic E-state index is 4.46. The molecule has 3 nitrogen and oxygen atoms in total. The second kappa shape index (κ2) is 6.23. The second-order valence-corrected chi connectivity index (χ2v) is 5.56. The van der Waals surface area contributed by atoms with Crippen molar-refractivity contribution in [3.8, 4) is 0 Å². The fourth-order valence-corrected chi connectivity index (χ4v) is 2.62. The predicted molar refractivity (Wildman–Crippen MR) is 84.0 cm³/mol. The molecule has 0 saturated heterocycles. The molecule has 0 aliphatic rings. The zero-order valence-corrected chi connectivity index (χ0v) is 13.2. The molecule has 0 unspecified atom stereocenters. The summed E-state index contributed by atoms with van der Waals surface area (Å²) >= 11 is 0. The van der Waals surface area contributed by atoms with Crippen molar-refractivity contribution in [1.82, 2.24) is 15.1 Å². The fourth-order valence-electron chi connectivity index (χ4n) is 2.62. The lowest BCUT2D eigenvalue weighted by Gasteiger charge is -2.10. The molecule has 2 aromatic rings. The number of aromatic nitrogens is 2. The molecule has 0 fully saturated rings. The minimum absolute atomic E-state index is 0.936. The first-order valence-electron chi connectivity index (χ1n) is 7.25. The Hall–Kier alpha value is -1.61. The van der Waals surface area contributed by atoms with E-state index < -0.39 is 0 Å². The maximum Gasteiger partial charge on any atom is 0.0628 e. The average Bonchev–Trinajstić information content (AvgIpc) is 2.65. The highest BCUT2D eigenvalue weighted by Crippen LogP contribution is 2.13. The Balaban J connectivity index is 1.89. The smallest absolute Gasteiger partial charge is 0.0628 e. The molecule has 1 aromatic heterocycles. The Bertz CT molecular complexity index is 597. The largest absolute Gasteiger partial charge is 0.312 e. The molecule has 0 spiro atoms. The van der Waals surface area contributed by atoms with E-state index >= 15 is 0 Å². The fraction of sp³-hybridized carbons (Fsp3) is 0.471. The number of nitrogens with one attached hydrogen (secondary N) is 1. The molecule has 0 bridgehead atoms. The lowest BCUT2D eigenvalue weighted by molar-refractivity contribution is 0.679. The van der Waals surface area contributed by atoms with E-state index in [1.807, 2.05) is 11.7 Å². The minimum Gasteiger partial charge on any atom is -0.312 e. The van der Waals surface area contributed by atoms with E-state index in [0.717, 1.165) is 25.2 Å². The van der Waals surface area contributed by atoms with E-state index in [-0.39, 0.29) is 0 Å². The van der Waals surface area contributed by atoms with Crippen LogP contribution in [0.1, 0.15) is 33.6 Å². The van der Waals surface area contributed by atoms with E-state index in [1.165, 1.54) is 27.9 Å². The highest BCUT2D eigenvalue weighted by Gasteiger charge is 2.08. The molecule has 108 valence electrons. The molecule has 0 radical (unpaired) electrons. The molecule has 0 saturated carbocycles. The number of hydrogen-bond acceptors (Lipinski definition) is 2. The van der Waals surface area contributed by atoms with Crippen LogP contribution in [0.2, 0.25) is 0 Å². The molecule has 20 heavy (non-hydrogen) atoms. The minimum atomic E-state index is 0.936. The first-order chi connectivity index (χ1) is 9.50. The van der Waals surface area contributed by atoms with Crippen molar-refractivity contribution in [2.24, 2.45) is 7.05 Å². The molecule has 2 rings (SSSR count). The Labute approximate surface area is 122 Å². The van der Waals surface area contributed by atoms with E-state index in [0.29, 0.717) is 0 Å². The average molecular weight is 271 g/mol. The normalized spacial score (nSPS) is 11.1. The lowest BCUT2D eigenvalue weighted by atomic mass is 10.0. The van der Waals surface area contributed by atoms with Crippen molar-refractivity contribution in [2.45, 2.75) is 40.7 Å². The Morgan fingerprint density at radius 1 is 1.15 bits per heavy atom. The quantitative estimate of drug-likeness (QED) is 0.847. The highest BCUT2D eigenvalue weighted by molar-refractivity contribution is 5.33. The Kier molecular flexibility index (Phi) is 4.61. The number of nitrogens with zero attached hydrogens (tertiary/aromatic N) is 2. The summed E-state index contributed by atoms with van der Waals surface area (Å²) in [7, 11) is 2.01. The maximum absolute atomic E-state index is 4.46. The van der Waals surface area contributed by atoms with Gasteiger partial charge in [0.2, 0.25) is 0 Å². The molecule has 3 heteroatoms.